The van der Waals surface area contributed by atoms with Crippen LogP contribution in [-0.2, 0) is 0 Å². The molecular weight excluding hydrogens is 188 g/mol. The number of guanidine groups is 1. The van der Waals surface area contributed by atoms with E-state index in [0.29, 0.717) is 23.3 Å². The van der Waals surface area contributed by atoms with E-state index in [1.54, 1.807) is 0 Å². The zero-order valence-corrected chi connectivity index (χ0v) is 9.25. The molecule has 1 aliphatic heterocycles. The molecule has 1 heterocycles. The molecule has 0 radical (unpaired) electrons. The van der Waals surface area contributed by atoms with E-state index in [0.717, 1.165) is 5.70 Å². The number of aliphatic imine (C=N–C) groups is 1. The number of nitrogens with one attached hydrogen (secondary N) is 1. The fraction of sp³-hybridized carbons (Fsp3) is 0.364. The standard InChI is InChI=1S/C11H18N4/c1-5-6(2)7(3)10-9(12)8(4)14-11(13)15-10/h5-7H,1,4,12H2,2-3H3,(H3,13,14,15). The fourth-order valence-electron chi connectivity index (χ4n) is 1.39. The third kappa shape index (κ3) is 2.21. The number of hydrogen-bond acceptors (Lipinski definition) is 4. The highest BCUT2D eigenvalue weighted by Gasteiger charge is 2.21. The van der Waals surface area contributed by atoms with Gasteiger partial charge in [0.25, 0.3) is 0 Å². The second kappa shape index (κ2) is 4.21. The van der Waals surface area contributed by atoms with E-state index >= 15 is 0 Å². The molecule has 0 aromatic heterocycles. The molecule has 82 valence electrons. The molecule has 0 fully saturated rings. The molecule has 2 unspecified atom stereocenters. The second-order valence-electron chi connectivity index (χ2n) is 3.78. The molecule has 0 spiro atoms. The summed E-state index contributed by atoms with van der Waals surface area (Å²) >= 11 is 0. The van der Waals surface area contributed by atoms with Crippen LogP contribution < -0.4 is 16.8 Å². The lowest BCUT2D eigenvalue weighted by Crippen LogP contribution is -2.37. The van der Waals surface area contributed by atoms with Gasteiger partial charge in [0.05, 0.1) is 17.1 Å². The van der Waals surface area contributed by atoms with Crippen molar-refractivity contribution >= 4 is 5.96 Å². The minimum atomic E-state index is 0.180. The Hall–Kier alpha value is -1.71. The number of nitrogens with zero attached hydrogens (tertiary/aromatic N) is 1. The second-order valence-corrected chi connectivity index (χ2v) is 3.78. The van der Waals surface area contributed by atoms with Gasteiger partial charge in [0.15, 0.2) is 5.96 Å². The summed E-state index contributed by atoms with van der Waals surface area (Å²) < 4.78 is 0. The number of nitrogens with two attached hydrogens (primary N) is 2. The van der Waals surface area contributed by atoms with Crippen LogP contribution in [0.3, 0.4) is 0 Å². The molecule has 0 aromatic carbocycles. The zero-order chi connectivity index (χ0) is 11.6. The van der Waals surface area contributed by atoms with Gasteiger partial charge in [-0.25, -0.2) is 4.99 Å². The van der Waals surface area contributed by atoms with Gasteiger partial charge in [0.1, 0.15) is 0 Å². The Kier molecular flexibility index (Phi) is 3.19. The average molecular weight is 206 g/mol. The summed E-state index contributed by atoms with van der Waals surface area (Å²) in [4.78, 5) is 4.21. The van der Waals surface area contributed by atoms with Crippen molar-refractivity contribution in [3.63, 3.8) is 0 Å². The third-order valence-electron chi connectivity index (χ3n) is 2.71. The Morgan fingerprint density at radius 2 is 2.00 bits per heavy atom. The molecule has 0 saturated carbocycles. The van der Waals surface area contributed by atoms with E-state index in [4.69, 9.17) is 11.5 Å². The van der Waals surface area contributed by atoms with E-state index < -0.39 is 0 Å². The Morgan fingerprint density at radius 1 is 1.40 bits per heavy atom. The smallest absolute Gasteiger partial charge is 0.198 e. The molecule has 0 saturated heterocycles. The van der Waals surface area contributed by atoms with E-state index in [1.165, 1.54) is 0 Å². The maximum atomic E-state index is 5.90. The Bertz CT molecular complexity index is 352. The number of hydrogen-bond donors (Lipinski definition) is 3. The van der Waals surface area contributed by atoms with E-state index in [-0.39, 0.29) is 5.92 Å². The Labute approximate surface area is 90.4 Å². The average Bonchev–Trinajstić information content (AvgIpc) is 2.21. The summed E-state index contributed by atoms with van der Waals surface area (Å²) in [5, 5.41) is 2.80. The normalized spacial score (nSPS) is 20.4. The molecule has 4 heteroatoms. The van der Waals surface area contributed by atoms with Gasteiger partial charge in [-0.3, -0.25) is 0 Å². The summed E-state index contributed by atoms with van der Waals surface area (Å²) in [5.74, 6) is 0.813. The van der Waals surface area contributed by atoms with Crippen molar-refractivity contribution in [2.45, 2.75) is 13.8 Å². The molecule has 1 aliphatic rings. The van der Waals surface area contributed by atoms with Gasteiger partial charge < -0.3 is 16.8 Å². The van der Waals surface area contributed by atoms with Gasteiger partial charge in [-0.2, -0.15) is 0 Å². The van der Waals surface area contributed by atoms with Crippen LogP contribution in [0.15, 0.2) is 41.3 Å². The van der Waals surface area contributed by atoms with Gasteiger partial charge >= 0.3 is 0 Å². The summed E-state index contributed by atoms with van der Waals surface area (Å²) in [6.45, 7) is 11.7. The first-order valence-electron chi connectivity index (χ1n) is 4.90. The molecular formula is C11H18N4. The fourth-order valence-corrected chi connectivity index (χ4v) is 1.39. The van der Waals surface area contributed by atoms with Crippen molar-refractivity contribution in [3.05, 3.63) is 36.3 Å². The Morgan fingerprint density at radius 3 is 2.53 bits per heavy atom. The van der Waals surface area contributed by atoms with Gasteiger partial charge in [-0.1, -0.05) is 26.5 Å². The molecule has 0 aliphatic carbocycles. The van der Waals surface area contributed by atoms with Crippen molar-refractivity contribution in [3.8, 4) is 0 Å². The summed E-state index contributed by atoms with van der Waals surface area (Å²) in [6, 6.07) is 0. The van der Waals surface area contributed by atoms with Crippen LogP contribution in [0.1, 0.15) is 13.8 Å². The summed E-state index contributed by atoms with van der Waals surface area (Å²) in [5.41, 5.74) is 13.5. The van der Waals surface area contributed by atoms with Gasteiger partial charge in [0, 0.05) is 5.92 Å². The minimum absolute atomic E-state index is 0.180. The molecule has 0 aromatic rings. The topological polar surface area (TPSA) is 76.4 Å². The van der Waals surface area contributed by atoms with Crippen molar-refractivity contribution in [1.82, 2.24) is 5.32 Å². The molecule has 15 heavy (non-hydrogen) atoms. The van der Waals surface area contributed by atoms with Gasteiger partial charge in [0.2, 0.25) is 0 Å². The van der Waals surface area contributed by atoms with Gasteiger partial charge in [-0.15, -0.1) is 6.58 Å². The van der Waals surface area contributed by atoms with Crippen LogP contribution in [0.2, 0.25) is 0 Å². The van der Waals surface area contributed by atoms with Crippen molar-refractivity contribution < 1.29 is 0 Å². The maximum absolute atomic E-state index is 5.90. The van der Waals surface area contributed by atoms with Crippen LogP contribution in [0.25, 0.3) is 0 Å². The highest BCUT2D eigenvalue weighted by Crippen LogP contribution is 2.26. The predicted octanol–water partition coefficient (Wildman–Crippen LogP) is 1.05. The van der Waals surface area contributed by atoms with Crippen molar-refractivity contribution in [2.24, 2.45) is 28.3 Å². The zero-order valence-electron chi connectivity index (χ0n) is 9.25. The van der Waals surface area contributed by atoms with Crippen LogP contribution in [0.4, 0.5) is 0 Å². The quantitative estimate of drug-likeness (QED) is 0.604. The van der Waals surface area contributed by atoms with Crippen molar-refractivity contribution in [2.75, 3.05) is 0 Å². The molecule has 5 N–H and O–H groups in total. The first-order chi connectivity index (χ1) is 6.97. The Balaban J connectivity index is 3.06. The van der Waals surface area contributed by atoms with Crippen molar-refractivity contribution in [1.29, 1.82) is 0 Å². The van der Waals surface area contributed by atoms with Crippen LogP contribution in [0, 0.1) is 11.8 Å². The SMILES string of the molecule is C=CC(C)C(C)C1=C(N)C(=C)NC(N)=N1. The van der Waals surface area contributed by atoms with Crippen LogP contribution in [-0.4, -0.2) is 5.96 Å². The predicted molar refractivity (Wildman–Crippen MR) is 63.6 cm³/mol. The lowest BCUT2D eigenvalue weighted by atomic mass is 9.91. The summed E-state index contributed by atoms with van der Waals surface area (Å²) in [7, 11) is 0. The summed E-state index contributed by atoms with van der Waals surface area (Å²) in [6.07, 6.45) is 1.88. The number of rotatable bonds is 3. The highest BCUT2D eigenvalue weighted by molar-refractivity contribution is 5.83. The highest BCUT2D eigenvalue weighted by atomic mass is 15.1. The molecule has 0 amide bonds. The molecule has 0 bridgehead atoms. The maximum Gasteiger partial charge on any atom is 0.198 e. The van der Waals surface area contributed by atoms with Crippen LogP contribution >= 0.6 is 0 Å². The molecule has 1 rings (SSSR count). The third-order valence-corrected chi connectivity index (χ3v) is 2.71. The van der Waals surface area contributed by atoms with E-state index in [1.807, 2.05) is 13.0 Å². The molecule has 4 nitrogen and oxygen atoms in total. The lowest BCUT2D eigenvalue weighted by Gasteiger charge is -2.24. The van der Waals surface area contributed by atoms with Gasteiger partial charge in [-0.05, 0) is 5.92 Å². The largest absolute Gasteiger partial charge is 0.396 e. The number of allylic oxidation sites excluding steroid dienone is 2. The molecule has 2 atom stereocenters. The minimum Gasteiger partial charge on any atom is -0.396 e. The first-order valence-corrected chi connectivity index (χ1v) is 4.90. The van der Waals surface area contributed by atoms with E-state index in [2.05, 4.69) is 30.4 Å². The van der Waals surface area contributed by atoms with Crippen LogP contribution in [0.5, 0.6) is 0 Å². The lowest BCUT2D eigenvalue weighted by molar-refractivity contribution is 0.519. The first kappa shape index (κ1) is 11.4. The van der Waals surface area contributed by atoms with E-state index in [9.17, 15) is 0 Å². The monoisotopic (exact) mass is 206 g/mol.